The van der Waals surface area contributed by atoms with Gasteiger partial charge in [0.2, 0.25) is 0 Å². The van der Waals surface area contributed by atoms with Crippen molar-refractivity contribution in [2.45, 2.75) is 51.0 Å². The molecule has 0 heterocycles. The number of carbonyl (C=O) groups is 1. The van der Waals surface area contributed by atoms with Crippen LogP contribution in [0.2, 0.25) is 5.02 Å². The summed E-state index contributed by atoms with van der Waals surface area (Å²) >= 11 is 9.51. The first kappa shape index (κ1) is 18.3. The van der Waals surface area contributed by atoms with Crippen LogP contribution in [0.15, 0.2) is 18.2 Å². The third-order valence-electron chi connectivity index (χ3n) is 2.81. The first-order chi connectivity index (χ1) is 9.81. The summed E-state index contributed by atoms with van der Waals surface area (Å²) in [6, 6.07) is 6.11. The fourth-order valence-corrected chi connectivity index (χ4v) is 2.65. The molecule has 1 rings (SSSR count). The molecule has 21 heavy (non-hydrogen) atoms. The van der Waals surface area contributed by atoms with Crippen LogP contribution < -0.4 is 5.32 Å². The number of carbonyl (C=O) groups excluding carboxylic acids is 1. The molecular formula is C16H23BrClNO2. The first-order valence-corrected chi connectivity index (χ1v) is 8.62. The zero-order valence-corrected chi connectivity index (χ0v) is 15.2. The van der Waals surface area contributed by atoms with Crippen LogP contribution in [0.1, 0.15) is 44.7 Å². The van der Waals surface area contributed by atoms with Gasteiger partial charge < -0.3 is 10.1 Å². The Kier molecular flexibility index (Phi) is 7.53. The number of alkyl carbamates (subject to hydrolysis) is 1. The van der Waals surface area contributed by atoms with E-state index in [-0.39, 0.29) is 6.09 Å². The Hall–Kier alpha value is -0.740. The maximum absolute atomic E-state index is 11.5. The van der Waals surface area contributed by atoms with Crippen LogP contribution in [0.5, 0.6) is 0 Å². The number of rotatable bonds is 6. The SMILES string of the molecule is CC(C)(C)OC(=O)NCCCCc1ccc(Cl)c(CBr)c1. The highest BCUT2D eigenvalue weighted by atomic mass is 79.9. The van der Waals surface area contributed by atoms with Crippen LogP contribution in [0, 0.1) is 0 Å². The second-order valence-corrected chi connectivity index (χ2v) is 6.91. The van der Waals surface area contributed by atoms with E-state index in [9.17, 15) is 4.79 Å². The molecule has 0 atom stereocenters. The van der Waals surface area contributed by atoms with Gasteiger partial charge in [-0.1, -0.05) is 39.7 Å². The Morgan fingerprint density at radius 3 is 2.67 bits per heavy atom. The second-order valence-electron chi connectivity index (χ2n) is 5.95. The Morgan fingerprint density at radius 2 is 2.05 bits per heavy atom. The van der Waals surface area contributed by atoms with Gasteiger partial charge in [0.1, 0.15) is 5.60 Å². The third kappa shape index (κ3) is 7.72. The van der Waals surface area contributed by atoms with Gasteiger partial charge in [0.25, 0.3) is 0 Å². The number of hydrogen-bond acceptors (Lipinski definition) is 2. The third-order valence-corrected chi connectivity index (χ3v) is 3.79. The summed E-state index contributed by atoms with van der Waals surface area (Å²) in [5, 5.41) is 4.32. The van der Waals surface area contributed by atoms with Gasteiger partial charge in [0.05, 0.1) is 0 Å². The van der Waals surface area contributed by atoms with Crippen molar-refractivity contribution in [2.24, 2.45) is 0 Å². The maximum Gasteiger partial charge on any atom is 0.407 e. The van der Waals surface area contributed by atoms with E-state index < -0.39 is 5.60 Å². The zero-order valence-electron chi connectivity index (χ0n) is 12.8. The van der Waals surface area contributed by atoms with E-state index >= 15 is 0 Å². The largest absolute Gasteiger partial charge is 0.444 e. The summed E-state index contributed by atoms with van der Waals surface area (Å²) in [6.07, 6.45) is 2.56. The number of halogens is 2. The summed E-state index contributed by atoms with van der Waals surface area (Å²) in [5.74, 6) is 0. The van der Waals surface area contributed by atoms with Gasteiger partial charge in [-0.25, -0.2) is 4.79 Å². The molecule has 0 aliphatic carbocycles. The van der Waals surface area contributed by atoms with Gasteiger partial charge >= 0.3 is 6.09 Å². The minimum atomic E-state index is -0.445. The number of amides is 1. The van der Waals surface area contributed by atoms with Crippen LogP contribution in [0.4, 0.5) is 4.79 Å². The molecule has 0 aromatic heterocycles. The average Bonchev–Trinajstić information content (AvgIpc) is 2.38. The van der Waals surface area contributed by atoms with Crippen molar-refractivity contribution in [3.8, 4) is 0 Å². The first-order valence-electron chi connectivity index (χ1n) is 7.12. The lowest BCUT2D eigenvalue weighted by Gasteiger charge is -2.19. The Bertz CT molecular complexity index is 472. The van der Waals surface area contributed by atoms with Gasteiger partial charge in [-0.05, 0) is 57.2 Å². The molecule has 1 N–H and O–H groups in total. The van der Waals surface area contributed by atoms with Gasteiger partial charge in [-0.2, -0.15) is 0 Å². The van der Waals surface area contributed by atoms with Crippen molar-refractivity contribution in [1.82, 2.24) is 5.32 Å². The van der Waals surface area contributed by atoms with Crippen molar-refractivity contribution >= 4 is 33.6 Å². The summed E-state index contributed by atoms with van der Waals surface area (Å²) in [5.41, 5.74) is 1.94. The van der Waals surface area contributed by atoms with Crippen molar-refractivity contribution in [2.75, 3.05) is 6.54 Å². The minimum absolute atomic E-state index is 0.351. The zero-order chi connectivity index (χ0) is 15.9. The molecule has 5 heteroatoms. The predicted octanol–water partition coefficient (Wildman–Crippen LogP) is 5.08. The van der Waals surface area contributed by atoms with Gasteiger partial charge in [0.15, 0.2) is 0 Å². The quantitative estimate of drug-likeness (QED) is 0.555. The molecule has 3 nitrogen and oxygen atoms in total. The highest BCUT2D eigenvalue weighted by molar-refractivity contribution is 9.08. The number of aryl methyl sites for hydroxylation is 1. The van der Waals surface area contributed by atoms with E-state index in [4.69, 9.17) is 16.3 Å². The topological polar surface area (TPSA) is 38.3 Å². The minimum Gasteiger partial charge on any atom is -0.444 e. The Labute approximate surface area is 140 Å². The summed E-state index contributed by atoms with van der Waals surface area (Å²) in [6.45, 7) is 6.20. The molecule has 0 fully saturated rings. The molecule has 1 aromatic rings. The van der Waals surface area contributed by atoms with Crippen LogP contribution >= 0.6 is 27.5 Å². The molecule has 0 bridgehead atoms. The number of unbranched alkanes of at least 4 members (excludes halogenated alkanes) is 1. The average molecular weight is 377 g/mol. The number of alkyl halides is 1. The number of benzene rings is 1. The van der Waals surface area contributed by atoms with Crippen molar-refractivity contribution < 1.29 is 9.53 Å². The normalized spacial score (nSPS) is 11.3. The second kappa shape index (κ2) is 8.64. The van der Waals surface area contributed by atoms with Gasteiger partial charge in [-0.3, -0.25) is 0 Å². The molecule has 0 saturated heterocycles. The van der Waals surface area contributed by atoms with Crippen LogP contribution in [-0.4, -0.2) is 18.2 Å². The van der Waals surface area contributed by atoms with Crippen molar-refractivity contribution in [3.63, 3.8) is 0 Å². The molecule has 0 aliphatic rings. The van der Waals surface area contributed by atoms with Crippen LogP contribution in [-0.2, 0) is 16.5 Å². The smallest absolute Gasteiger partial charge is 0.407 e. The van der Waals surface area contributed by atoms with E-state index in [1.54, 1.807) is 0 Å². The van der Waals surface area contributed by atoms with Crippen molar-refractivity contribution in [1.29, 1.82) is 0 Å². The fourth-order valence-electron chi connectivity index (χ4n) is 1.84. The molecule has 0 radical (unpaired) electrons. The van der Waals surface area contributed by atoms with E-state index in [0.29, 0.717) is 6.54 Å². The van der Waals surface area contributed by atoms with E-state index in [0.717, 1.165) is 35.2 Å². The highest BCUT2D eigenvalue weighted by Crippen LogP contribution is 2.21. The fraction of sp³-hybridized carbons (Fsp3) is 0.562. The lowest BCUT2D eigenvalue weighted by molar-refractivity contribution is 0.0527. The van der Waals surface area contributed by atoms with E-state index in [2.05, 4.69) is 33.4 Å². The number of hydrogen-bond donors (Lipinski definition) is 1. The molecule has 0 unspecified atom stereocenters. The summed E-state index contributed by atoms with van der Waals surface area (Å²) < 4.78 is 5.18. The number of nitrogens with one attached hydrogen (secondary N) is 1. The van der Waals surface area contributed by atoms with E-state index in [1.165, 1.54) is 5.56 Å². The monoisotopic (exact) mass is 375 g/mol. The highest BCUT2D eigenvalue weighted by Gasteiger charge is 2.15. The molecule has 0 aliphatic heterocycles. The molecule has 1 amide bonds. The van der Waals surface area contributed by atoms with Crippen LogP contribution in [0.25, 0.3) is 0 Å². The Balaban J connectivity index is 2.24. The van der Waals surface area contributed by atoms with Gasteiger partial charge in [0, 0.05) is 16.9 Å². The lowest BCUT2D eigenvalue weighted by Crippen LogP contribution is -2.33. The molecule has 1 aromatic carbocycles. The van der Waals surface area contributed by atoms with Crippen molar-refractivity contribution in [3.05, 3.63) is 34.3 Å². The lowest BCUT2D eigenvalue weighted by atomic mass is 10.1. The molecular weight excluding hydrogens is 354 g/mol. The molecule has 118 valence electrons. The maximum atomic E-state index is 11.5. The van der Waals surface area contributed by atoms with Crippen LogP contribution in [0.3, 0.4) is 0 Å². The van der Waals surface area contributed by atoms with Gasteiger partial charge in [-0.15, -0.1) is 0 Å². The standard InChI is InChI=1S/C16H23BrClNO2/c1-16(2,3)21-15(20)19-9-5-4-6-12-7-8-14(18)13(10-12)11-17/h7-8,10H,4-6,9,11H2,1-3H3,(H,19,20). The summed E-state index contributed by atoms with van der Waals surface area (Å²) in [7, 11) is 0. The summed E-state index contributed by atoms with van der Waals surface area (Å²) in [4.78, 5) is 11.5. The Morgan fingerprint density at radius 1 is 1.33 bits per heavy atom. The molecule has 0 saturated carbocycles. The number of ether oxygens (including phenoxy) is 1. The van der Waals surface area contributed by atoms with E-state index in [1.807, 2.05) is 26.8 Å². The molecule has 0 spiro atoms. The predicted molar refractivity (Wildman–Crippen MR) is 91.3 cm³/mol.